The Balaban J connectivity index is 2.53. The van der Waals surface area contributed by atoms with Crippen molar-refractivity contribution in [2.75, 3.05) is 6.61 Å². The Hall–Kier alpha value is -2.18. The summed E-state index contributed by atoms with van der Waals surface area (Å²) in [5, 5.41) is 60.7. The van der Waals surface area contributed by atoms with Crippen LogP contribution in [-0.2, 0) is 10.6 Å². The molecule has 1 aliphatic rings. The maximum Gasteiger partial charge on any atom is 0.332 e. The molecule has 1 saturated heterocycles. The van der Waals surface area contributed by atoms with Gasteiger partial charge in [0.15, 0.2) is 6.30 Å². The molecule has 30 heavy (non-hydrogen) atoms. The summed E-state index contributed by atoms with van der Waals surface area (Å²) in [6, 6.07) is 1.45. The maximum atomic E-state index is 14.7. The van der Waals surface area contributed by atoms with E-state index in [4.69, 9.17) is 10.00 Å². The molecule has 0 amide bonds. The molecule has 1 unspecified atom stereocenters. The molecule has 0 aromatic carbocycles. The van der Waals surface area contributed by atoms with Crippen molar-refractivity contribution in [3.05, 3.63) is 32.6 Å². The van der Waals surface area contributed by atoms with Gasteiger partial charge in [-0.15, -0.1) is 5.06 Å². The molecule has 1 aliphatic heterocycles. The van der Waals surface area contributed by atoms with Gasteiger partial charge in [0.05, 0.1) is 6.61 Å². The number of H-pyrrole nitrogens is 1. The number of rotatable bonds is 9. The highest BCUT2D eigenvalue weighted by Crippen LogP contribution is 2.44. The minimum atomic E-state index is -3.39. The van der Waals surface area contributed by atoms with Crippen LogP contribution in [0.2, 0.25) is 0 Å². The van der Waals surface area contributed by atoms with E-state index in [0.717, 1.165) is 12.8 Å². The summed E-state index contributed by atoms with van der Waals surface area (Å²) in [4.78, 5) is 25.6. The summed E-state index contributed by atoms with van der Waals surface area (Å²) in [6.45, 7) is 0.947. The Labute approximate surface area is 169 Å². The van der Waals surface area contributed by atoms with Crippen molar-refractivity contribution >= 4 is 0 Å². The van der Waals surface area contributed by atoms with Gasteiger partial charge in [-0.3, -0.25) is 9.78 Å². The number of hydrogen-bond donors (Lipinski definition) is 6. The molecule has 0 saturated carbocycles. The summed E-state index contributed by atoms with van der Waals surface area (Å²) >= 11 is 0. The van der Waals surface area contributed by atoms with E-state index in [1.54, 1.807) is 4.98 Å². The standard InChI is InChI=1S/C17H25FN4O8/c1-2-3-4-5-6-12(18)22(29)16(27)13(24)11(9-23)30-17(16,28)21-8-10(7-19)14(25)20-15(21)26/h8,11-13,23-24,27-29H,2-6,9H2,1H3,(H,20,25,26)/t11-,12?,13-,16-,17+/m1/s1. The third kappa shape index (κ3) is 3.91. The fraction of sp³-hybridized carbons (Fsp3) is 0.706. The highest BCUT2D eigenvalue weighted by molar-refractivity contribution is 5.22. The van der Waals surface area contributed by atoms with Crippen molar-refractivity contribution < 1.29 is 34.8 Å². The number of hydroxylamine groups is 2. The van der Waals surface area contributed by atoms with E-state index >= 15 is 0 Å². The molecular weight excluding hydrogens is 407 g/mol. The van der Waals surface area contributed by atoms with Gasteiger partial charge in [-0.05, 0) is 12.8 Å². The largest absolute Gasteiger partial charge is 0.394 e. The molecule has 12 nitrogen and oxygen atoms in total. The fourth-order valence-corrected chi connectivity index (χ4v) is 3.32. The van der Waals surface area contributed by atoms with Crippen molar-refractivity contribution in [2.45, 2.75) is 69.2 Å². The van der Waals surface area contributed by atoms with E-state index in [9.17, 15) is 39.6 Å². The van der Waals surface area contributed by atoms with Gasteiger partial charge in [0.25, 0.3) is 5.56 Å². The van der Waals surface area contributed by atoms with Gasteiger partial charge in [-0.2, -0.15) is 5.26 Å². The Morgan fingerprint density at radius 2 is 2.07 bits per heavy atom. The number of aromatic amines is 1. The van der Waals surface area contributed by atoms with Gasteiger partial charge < -0.3 is 30.4 Å². The van der Waals surface area contributed by atoms with Gasteiger partial charge >= 0.3 is 11.6 Å². The molecule has 2 heterocycles. The summed E-state index contributed by atoms with van der Waals surface area (Å²) < 4.78 is 19.8. The van der Waals surface area contributed by atoms with E-state index < -0.39 is 53.6 Å². The lowest BCUT2D eigenvalue weighted by Gasteiger charge is -2.43. The van der Waals surface area contributed by atoms with Crippen LogP contribution in [0.5, 0.6) is 0 Å². The number of nitriles is 1. The van der Waals surface area contributed by atoms with E-state index in [2.05, 4.69) is 0 Å². The van der Waals surface area contributed by atoms with E-state index in [0.29, 0.717) is 19.0 Å². The van der Waals surface area contributed by atoms with Crippen LogP contribution >= 0.6 is 0 Å². The zero-order valence-electron chi connectivity index (χ0n) is 16.2. The third-order valence-corrected chi connectivity index (χ3v) is 5.04. The molecule has 0 radical (unpaired) electrons. The zero-order chi connectivity index (χ0) is 22.7. The van der Waals surface area contributed by atoms with Gasteiger partial charge in [0.1, 0.15) is 23.8 Å². The van der Waals surface area contributed by atoms with Crippen LogP contribution in [0.3, 0.4) is 0 Å². The smallest absolute Gasteiger partial charge is 0.332 e. The third-order valence-electron chi connectivity index (χ3n) is 5.04. The lowest BCUT2D eigenvalue weighted by Crippen LogP contribution is -2.69. The van der Waals surface area contributed by atoms with Gasteiger partial charge in [0.2, 0.25) is 5.72 Å². The summed E-state index contributed by atoms with van der Waals surface area (Å²) in [5.41, 5.74) is -6.57. The van der Waals surface area contributed by atoms with Gasteiger partial charge in [-0.1, -0.05) is 26.2 Å². The molecule has 13 heteroatoms. The lowest BCUT2D eigenvalue weighted by atomic mass is 10.00. The van der Waals surface area contributed by atoms with Crippen LogP contribution in [0, 0.1) is 11.3 Å². The average molecular weight is 432 g/mol. The molecule has 1 aromatic heterocycles. The van der Waals surface area contributed by atoms with Crippen molar-refractivity contribution in [1.29, 1.82) is 5.26 Å². The van der Waals surface area contributed by atoms with E-state index in [1.807, 2.05) is 6.92 Å². The Bertz CT molecular complexity index is 901. The van der Waals surface area contributed by atoms with Crippen LogP contribution in [0.1, 0.15) is 44.6 Å². The second kappa shape index (κ2) is 9.31. The van der Waals surface area contributed by atoms with Crippen molar-refractivity contribution in [2.24, 2.45) is 0 Å². The zero-order valence-corrected chi connectivity index (χ0v) is 16.2. The Morgan fingerprint density at radius 1 is 1.40 bits per heavy atom. The first-order valence-electron chi connectivity index (χ1n) is 9.38. The van der Waals surface area contributed by atoms with Gasteiger partial charge in [0, 0.05) is 6.20 Å². The molecule has 1 fully saturated rings. The monoisotopic (exact) mass is 432 g/mol. The van der Waals surface area contributed by atoms with Crippen LogP contribution in [0.4, 0.5) is 4.39 Å². The molecule has 5 atom stereocenters. The first-order valence-corrected chi connectivity index (χ1v) is 9.38. The average Bonchev–Trinajstić information content (AvgIpc) is 2.92. The molecule has 1 aromatic rings. The molecular formula is C17H25FN4O8. The van der Waals surface area contributed by atoms with Gasteiger partial charge in [-0.25, -0.2) is 13.8 Å². The number of nitrogens with one attached hydrogen (secondary N) is 1. The van der Waals surface area contributed by atoms with Crippen molar-refractivity contribution in [3.63, 3.8) is 0 Å². The molecule has 0 bridgehead atoms. The number of unbranched alkanes of at least 4 members (excludes halogenated alkanes) is 3. The Morgan fingerprint density at radius 3 is 2.63 bits per heavy atom. The first-order chi connectivity index (χ1) is 14.1. The quantitative estimate of drug-likeness (QED) is 0.115. The first kappa shape index (κ1) is 24.1. The van der Waals surface area contributed by atoms with Crippen LogP contribution in [0.25, 0.3) is 0 Å². The Kier molecular flexibility index (Phi) is 7.48. The molecule has 168 valence electrons. The molecule has 2 rings (SSSR count). The number of alkyl halides is 1. The number of hydrogen-bond acceptors (Lipinski definition) is 10. The van der Waals surface area contributed by atoms with E-state index in [-0.39, 0.29) is 16.1 Å². The predicted octanol–water partition coefficient (Wildman–Crippen LogP) is -1.59. The predicted molar refractivity (Wildman–Crippen MR) is 96.4 cm³/mol. The molecule has 0 spiro atoms. The number of ether oxygens (including phenoxy) is 1. The number of nitrogens with zero attached hydrogens (tertiary/aromatic N) is 3. The number of aliphatic hydroxyl groups excluding tert-OH is 2. The van der Waals surface area contributed by atoms with Crippen LogP contribution in [0.15, 0.2) is 15.8 Å². The van der Waals surface area contributed by atoms with Crippen molar-refractivity contribution in [3.8, 4) is 6.07 Å². The SMILES string of the molecule is CCCCCCC(F)N(O)[C@@]1(O)[C@H](O)[C@@H](CO)O[C@]1(O)n1cc(C#N)c(=O)[nH]c1=O. The normalized spacial score (nSPS) is 29.8. The maximum absolute atomic E-state index is 14.7. The highest BCUT2D eigenvalue weighted by Gasteiger charge is 2.71. The highest BCUT2D eigenvalue weighted by atomic mass is 19.1. The number of aliphatic hydroxyl groups is 4. The second-order valence-corrected chi connectivity index (χ2v) is 7.03. The summed E-state index contributed by atoms with van der Waals surface area (Å²) in [7, 11) is 0. The topological polar surface area (TPSA) is 192 Å². The fourth-order valence-electron chi connectivity index (χ4n) is 3.32. The molecule has 6 N–H and O–H groups in total. The van der Waals surface area contributed by atoms with Crippen LogP contribution < -0.4 is 11.2 Å². The number of aromatic nitrogens is 2. The minimum Gasteiger partial charge on any atom is -0.394 e. The van der Waals surface area contributed by atoms with Crippen molar-refractivity contribution in [1.82, 2.24) is 14.6 Å². The number of halogens is 1. The van der Waals surface area contributed by atoms with E-state index in [1.165, 1.54) is 6.07 Å². The van der Waals surface area contributed by atoms with Crippen LogP contribution in [-0.4, -0.2) is 71.1 Å². The second-order valence-electron chi connectivity index (χ2n) is 7.03. The summed E-state index contributed by atoms with van der Waals surface area (Å²) in [6.07, 6.45) is -3.55. The summed E-state index contributed by atoms with van der Waals surface area (Å²) in [5.74, 6) is -3.38. The lowest BCUT2D eigenvalue weighted by molar-refractivity contribution is -0.428. The minimum absolute atomic E-state index is 0.124. The molecule has 0 aliphatic carbocycles.